The largest absolute Gasteiger partial charge is 0.505 e. The van der Waals surface area contributed by atoms with Crippen molar-refractivity contribution in [1.82, 2.24) is 0 Å². The van der Waals surface area contributed by atoms with Gasteiger partial charge in [-0.15, -0.1) is 11.3 Å². The van der Waals surface area contributed by atoms with Crippen molar-refractivity contribution in [2.24, 2.45) is 0 Å². The van der Waals surface area contributed by atoms with E-state index in [1.54, 1.807) is 6.07 Å². The van der Waals surface area contributed by atoms with Crippen LogP contribution in [0.25, 0.3) is 10.1 Å². The first kappa shape index (κ1) is 9.72. The molecular formula is C9H5IO3S. The first-order valence-corrected chi connectivity index (χ1v) is 5.63. The summed E-state index contributed by atoms with van der Waals surface area (Å²) in [5, 5.41) is 19.0. The topological polar surface area (TPSA) is 57.5 Å². The molecule has 0 aliphatic rings. The third-order valence-electron chi connectivity index (χ3n) is 1.82. The van der Waals surface area contributed by atoms with Gasteiger partial charge in [0, 0.05) is 13.7 Å². The van der Waals surface area contributed by atoms with Gasteiger partial charge in [-0.05, 0) is 40.8 Å². The summed E-state index contributed by atoms with van der Waals surface area (Å²) in [6, 6.07) is 5.42. The Morgan fingerprint density at radius 1 is 1.43 bits per heavy atom. The van der Waals surface area contributed by atoms with E-state index in [0.717, 1.165) is 19.6 Å². The van der Waals surface area contributed by atoms with Crippen molar-refractivity contribution in [3.8, 4) is 5.75 Å². The van der Waals surface area contributed by atoms with Crippen LogP contribution in [0.2, 0.25) is 0 Å². The van der Waals surface area contributed by atoms with E-state index < -0.39 is 5.97 Å². The maximum Gasteiger partial charge on any atom is 0.349 e. The van der Waals surface area contributed by atoms with Gasteiger partial charge in [0.15, 0.2) is 4.88 Å². The van der Waals surface area contributed by atoms with Gasteiger partial charge in [0.1, 0.15) is 5.75 Å². The van der Waals surface area contributed by atoms with E-state index in [1.807, 2.05) is 12.1 Å². The molecule has 0 fully saturated rings. The molecule has 0 saturated heterocycles. The Hall–Kier alpha value is -0.820. The van der Waals surface area contributed by atoms with Crippen molar-refractivity contribution in [2.45, 2.75) is 0 Å². The molecule has 72 valence electrons. The minimum Gasteiger partial charge on any atom is -0.505 e. The molecule has 0 aliphatic carbocycles. The molecule has 0 spiro atoms. The SMILES string of the molecule is O=C(O)c1sc2cc(I)ccc2c1O. The van der Waals surface area contributed by atoms with E-state index in [0.29, 0.717) is 5.39 Å². The summed E-state index contributed by atoms with van der Waals surface area (Å²) in [4.78, 5) is 10.7. The number of benzene rings is 1. The molecule has 0 radical (unpaired) electrons. The molecule has 2 rings (SSSR count). The van der Waals surface area contributed by atoms with Gasteiger partial charge in [0.25, 0.3) is 0 Å². The van der Waals surface area contributed by atoms with Crippen LogP contribution in [-0.4, -0.2) is 16.2 Å². The third-order valence-corrected chi connectivity index (χ3v) is 3.62. The molecule has 3 nitrogen and oxygen atoms in total. The highest BCUT2D eigenvalue weighted by Gasteiger charge is 2.16. The quantitative estimate of drug-likeness (QED) is 0.795. The lowest BCUT2D eigenvalue weighted by molar-refractivity contribution is 0.0699. The smallest absolute Gasteiger partial charge is 0.349 e. The summed E-state index contributed by atoms with van der Waals surface area (Å²) in [6.07, 6.45) is 0. The molecule has 1 aromatic carbocycles. The average molecular weight is 320 g/mol. The Kier molecular flexibility index (Phi) is 2.36. The van der Waals surface area contributed by atoms with Gasteiger partial charge in [-0.2, -0.15) is 0 Å². The minimum absolute atomic E-state index is 0.00185. The molecule has 5 heteroatoms. The van der Waals surface area contributed by atoms with Crippen LogP contribution in [0.5, 0.6) is 5.75 Å². The fourth-order valence-electron chi connectivity index (χ4n) is 1.20. The number of carboxylic acid groups (broad SMARTS) is 1. The molecule has 0 aliphatic heterocycles. The van der Waals surface area contributed by atoms with Crippen molar-refractivity contribution in [2.75, 3.05) is 0 Å². The van der Waals surface area contributed by atoms with E-state index >= 15 is 0 Å². The third kappa shape index (κ3) is 1.46. The van der Waals surface area contributed by atoms with Gasteiger partial charge in [0.2, 0.25) is 0 Å². The number of aromatic carboxylic acids is 1. The summed E-state index contributed by atoms with van der Waals surface area (Å²) in [5.74, 6) is -1.22. The molecule has 1 heterocycles. The molecule has 0 atom stereocenters. The second-order valence-corrected chi connectivity index (χ2v) is 5.02. The lowest BCUT2D eigenvalue weighted by Crippen LogP contribution is -1.90. The number of aromatic hydroxyl groups is 1. The normalized spacial score (nSPS) is 10.6. The van der Waals surface area contributed by atoms with Crippen LogP contribution in [0, 0.1) is 3.57 Å². The molecule has 0 bridgehead atoms. The summed E-state index contributed by atoms with van der Waals surface area (Å²) in [6.45, 7) is 0. The highest BCUT2D eigenvalue weighted by atomic mass is 127. The Morgan fingerprint density at radius 2 is 2.14 bits per heavy atom. The van der Waals surface area contributed by atoms with Gasteiger partial charge in [0.05, 0.1) is 0 Å². The summed E-state index contributed by atoms with van der Waals surface area (Å²) in [5.41, 5.74) is 0. The Bertz CT molecular complexity index is 518. The first-order chi connectivity index (χ1) is 6.59. The fourth-order valence-corrected chi connectivity index (χ4v) is 2.88. The van der Waals surface area contributed by atoms with Gasteiger partial charge in [-0.1, -0.05) is 0 Å². The Balaban J connectivity index is 2.79. The summed E-state index contributed by atoms with van der Waals surface area (Å²) >= 11 is 3.24. The number of thiophene rings is 1. The maximum absolute atomic E-state index is 10.7. The lowest BCUT2D eigenvalue weighted by Gasteiger charge is -1.91. The van der Waals surface area contributed by atoms with E-state index in [2.05, 4.69) is 22.6 Å². The van der Waals surface area contributed by atoms with Gasteiger partial charge < -0.3 is 10.2 Å². The molecule has 14 heavy (non-hydrogen) atoms. The van der Waals surface area contributed by atoms with Gasteiger partial charge in [-0.25, -0.2) is 4.79 Å². The molecule has 0 amide bonds. The fraction of sp³-hybridized carbons (Fsp3) is 0. The number of carbonyl (C=O) groups is 1. The summed E-state index contributed by atoms with van der Waals surface area (Å²) < 4.78 is 1.82. The van der Waals surface area contributed by atoms with Crippen molar-refractivity contribution in [1.29, 1.82) is 0 Å². The highest BCUT2D eigenvalue weighted by Crippen LogP contribution is 2.37. The standard InChI is InChI=1S/C9H5IO3S/c10-4-1-2-5-6(3-4)14-8(7(5)11)9(12)13/h1-3,11H,(H,12,13). The van der Waals surface area contributed by atoms with Crippen LogP contribution in [0.4, 0.5) is 0 Å². The number of rotatable bonds is 1. The number of hydrogen-bond acceptors (Lipinski definition) is 3. The van der Waals surface area contributed by atoms with Crippen LogP contribution in [-0.2, 0) is 0 Å². The van der Waals surface area contributed by atoms with Crippen LogP contribution >= 0.6 is 33.9 Å². The zero-order valence-corrected chi connectivity index (χ0v) is 9.79. The minimum atomic E-state index is -1.08. The van der Waals surface area contributed by atoms with Crippen LogP contribution in [0.15, 0.2) is 18.2 Å². The molecular weight excluding hydrogens is 315 g/mol. The lowest BCUT2D eigenvalue weighted by atomic mass is 10.2. The van der Waals surface area contributed by atoms with Gasteiger partial charge in [-0.3, -0.25) is 0 Å². The predicted octanol–water partition coefficient (Wildman–Crippen LogP) is 2.91. The monoisotopic (exact) mass is 320 g/mol. The number of hydrogen-bond donors (Lipinski definition) is 2. The Labute approximate surface area is 97.1 Å². The van der Waals surface area contributed by atoms with E-state index in [4.69, 9.17) is 5.11 Å². The molecule has 0 saturated carbocycles. The molecule has 0 unspecified atom stereocenters. The van der Waals surface area contributed by atoms with Crippen molar-refractivity contribution >= 4 is 50.0 Å². The molecule has 2 N–H and O–H groups in total. The molecule has 2 aromatic rings. The maximum atomic E-state index is 10.7. The second kappa shape index (κ2) is 3.39. The van der Waals surface area contributed by atoms with Crippen LogP contribution in [0.1, 0.15) is 9.67 Å². The molecule has 1 aromatic heterocycles. The average Bonchev–Trinajstić information content (AvgIpc) is 2.43. The van der Waals surface area contributed by atoms with E-state index in [9.17, 15) is 9.90 Å². The van der Waals surface area contributed by atoms with Gasteiger partial charge >= 0.3 is 5.97 Å². The van der Waals surface area contributed by atoms with E-state index in [-0.39, 0.29) is 10.6 Å². The van der Waals surface area contributed by atoms with Crippen molar-refractivity contribution < 1.29 is 15.0 Å². The van der Waals surface area contributed by atoms with Crippen LogP contribution in [0.3, 0.4) is 0 Å². The first-order valence-electron chi connectivity index (χ1n) is 3.74. The number of carboxylic acids is 1. The van der Waals surface area contributed by atoms with Crippen molar-refractivity contribution in [3.05, 3.63) is 26.6 Å². The van der Waals surface area contributed by atoms with E-state index in [1.165, 1.54) is 0 Å². The highest BCUT2D eigenvalue weighted by molar-refractivity contribution is 14.1. The zero-order chi connectivity index (χ0) is 10.3. The predicted molar refractivity (Wildman–Crippen MR) is 63.2 cm³/mol. The van der Waals surface area contributed by atoms with Crippen molar-refractivity contribution in [3.63, 3.8) is 0 Å². The second-order valence-electron chi connectivity index (χ2n) is 2.73. The zero-order valence-electron chi connectivity index (χ0n) is 6.82. The number of fused-ring (bicyclic) bond motifs is 1. The summed E-state index contributed by atoms with van der Waals surface area (Å²) in [7, 11) is 0. The van der Waals surface area contributed by atoms with Crippen LogP contribution < -0.4 is 0 Å². The Morgan fingerprint density at radius 3 is 2.79 bits per heavy atom. The number of halogens is 1.